The number of ether oxygens (including phenoxy) is 1. The van der Waals surface area contributed by atoms with E-state index in [9.17, 15) is 18.0 Å². The van der Waals surface area contributed by atoms with Crippen LogP contribution < -0.4 is 20.7 Å². The molecular formula is C21H30F3IN4O2. The zero-order valence-corrected chi connectivity index (χ0v) is 19.8. The van der Waals surface area contributed by atoms with Gasteiger partial charge in [-0.05, 0) is 51.2 Å². The van der Waals surface area contributed by atoms with Crippen LogP contribution in [0.3, 0.4) is 0 Å². The van der Waals surface area contributed by atoms with Crippen LogP contribution >= 0.6 is 24.0 Å². The predicted octanol–water partition coefficient (Wildman–Crippen LogP) is 3.94. The minimum absolute atomic E-state index is 0. The molecule has 10 heteroatoms. The normalized spacial score (nSPS) is 21.3. The second kappa shape index (κ2) is 12.4. The van der Waals surface area contributed by atoms with Gasteiger partial charge in [-0.15, -0.1) is 24.0 Å². The molecule has 1 aromatic carbocycles. The maximum absolute atomic E-state index is 14.2. The Morgan fingerprint density at radius 3 is 2.65 bits per heavy atom. The van der Waals surface area contributed by atoms with Crippen LogP contribution in [0.1, 0.15) is 51.0 Å². The number of halogens is 4. The van der Waals surface area contributed by atoms with Gasteiger partial charge in [-0.25, -0.2) is 9.38 Å². The molecule has 1 amide bonds. The third-order valence-electron chi connectivity index (χ3n) is 5.34. The molecule has 1 aromatic rings. The van der Waals surface area contributed by atoms with E-state index in [2.05, 4.69) is 25.7 Å². The maximum Gasteiger partial charge on any atom is 0.387 e. The maximum atomic E-state index is 14.2. The molecule has 2 unspecified atom stereocenters. The summed E-state index contributed by atoms with van der Waals surface area (Å²) in [6.07, 6.45) is 5.52. The first-order valence-corrected chi connectivity index (χ1v) is 10.5. The monoisotopic (exact) mass is 554 g/mol. The molecule has 0 radical (unpaired) electrons. The second-order valence-corrected chi connectivity index (χ2v) is 7.78. The quantitative estimate of drug-likeness (QED) is 0.259. The van der Waals surface area contributed by atoms with Crippen LogP contribution in [0.2, 0.25) is 0 Å². The molecule has 0 aliphatic heterocycles. The number of hydrogen-bond donors (Lipinski definition) is 3. The van der Waals surface area contributed by atoms with Crippen LogP contribution in [0.5, 0.6) is 5.75 Å². The number of hydrogen-bond acceptors (Lipinski definition) is 3. The first-order chi connectivity index (χ1) is 14.5. The highest BCUT2D eigenvalue weighted by atomic mass is 127. The lowest BCUT2D eigenvalue weighted by atomic mass is 9.85. The van der Waals surface area contributed by atoms with Crippen molar-refractivity contribution >= 4 is 35.8 Å². The van der Waals surface area contributed by atoms with Crippen molar-refractivity contribution in [1.29, 1.82) is 0 Å². The van der Waals surface area contributed by atoms with Crippen molar-refractivity contribution in [3.63, 3.8) is 0 Å². The highest BCUT2D eigenvalue weighted by molar-refractivity contribution is 14.0. The molecule has 0 saturated heterocycles. The van der Waals surface area contributed by atoms with Gasteiger partial charge in [-0.3, -0.25) is 4.79 Å². The molecule has 0 heterocycles. The molecule has 0 spiro atoms. The highest BCUT2D eigenvalue weighted by Gasteiger charge is 2.31. The summed E-state index contributed by atoms with van der Waals surface area (Å²) in [4.78, 5) is 16.7. The van der Waals surface area contributed by atoms with E-state index >= 15 is 0 Å². The summed E-state index contributed by atoms with van der Waals surface area (Å²) in [5.74, 6) is -0.332. The van der Waals surface area contributed by atoms with Crippen LogP contribution in [-0.4, -0.2) is 37.1 Å². The van der Waals surface area contributed by atoms with Crippen LogP contribution in [0.15, 0.2) is 23.2 Å². The SMILES string of the molecule is CCNC(=NCc1c(F)cccc1OC(F)F)NC1CCCC(C(=O)NC2CC2)C1.I. The van der Waals surface area contributed by atoms with E-state index in [0.717, 1.165) is 32.1 Å². The highest BCUT2D eigenvalue weighted by Crippen LogP contribution is 2.27. The van der Waals surface area contributed by atoms with Gasteiger partial charge in [0.1, 0.15) is 11.6 Å². The van der Waals surface area contributed by atoms with Crippen LogP contribution in [-0.2, 0) is 11.3 Å². The lowest BCUT2D eigenvalue weighted by Crippen LogP contribution is -2.47. The van der Waals surface area contributed by atoms with Crippen LogP contribution in [0.25, 0.3) is 0 Å². The standard InChI is InChI=1S/C21H29F3N4O2.HI/c1-2-25-21(26-12-16-17(22)7-4-8-18(16)30-20(23)24)28-15-6-3-5-13(11-15)19(29)27-14-9-10-14;/h4,7-8,13-15,20H,2-3,5-6,9-12H2,1H3,(H,27,29)(H2,25,26,28);1H. The molecular weight excluding hydrogens is 524 g/mol. The summed E-state index contributed by atoms with van der Waals surface area (Å²) < 4.78 is 43.8. The molecule has 0 bridgehead atoms. The number of carbonyl (C=O) groups is 1. The molecule has 2 fully saturated rings. The number of benzene rings is 1. The van der Waals surface area contributed by atoms with Crippen molar-refractivity contribution in [1.82, 2.24) is 16.0 Å². The van der Waals surface area contributed by atoms with Crippen molar-refractivity contribution < 1.29 is 22.7 Å². The average Bonchev–Trinajstić information content (AvgIpc) is 3.51. The third-order valence-corrected chi connectivity index (χ3v) is 5.34. The first-order valence-electron chi connectivity index (χ1n) is 10.5. The van der Waals surface area contributed by atoms with Gasteiger partial charge in [-0.2, -0.15) is 8.78 Å². The summed E-state index contributed by atoms with van der Waals surface area (Å²) in [5, 5.41) is 9.47. The summed E-state index contributed by atoms with van der Waals surface area (Å²) >= 11 is 0. The number of guanidine groups is 1. The number of nitrogens with one attached hydrogen (secondary N) is 3. The number of carbonyl (C=O) groups excluding carboxylic acids is 1. The number of rotatable bonds is 8. The van der Waals surface area contributed by atoms with Crippen molar-refractivity contribution in [3.8, 4) is 5.75 Å². The minimum Gasteiger partial charge on any atom is -0.434 e. The largest absolute Gasteiger partial charge is 0.434 e. The van der Waals surface area contributed by atoms with E-state index in [1.54, 1.807) is 0 Å². The minimum atomic E-state index is -3.04. The van der Waals surface area contributed by atoms with Crippen molar-refractivity contribution in [2.45, 2.75) is 70.7 Å². The van der Waals surface area contributed by atoms with E-state index in [-0.39, 0.29) is 59.7 Å². The van der Waals surface area contributed by atoms with Gasteiger partial charge in [0.2, 0.25) is 5.91 Å². The Hall–Kier alpha value is -1.72. The fourth-order valence-corrected chi connectivity index (χ4v) is 3.68. The lowest BCUT2D eigenvalue weighted by Gasteiger charge is -2.30. The Morgan fingerprint density at radius 1 is 1.19 bits per heavy atom. The Labute approximate surface area is 197 Å². The van der Waals surface area contributed by atoms with Gasteiger partial charge in [0, 0.05) is 24.5 Å². The summed E-state index contributed by atoms with van der Waals surface area (Å²) in [6, 6.07) is 4.20. The smallest absolute Gasteiger partial charge is 0.387 e. The molecule has 6 nitrogen and oxygen atoms in total. The molecule has 3 rings (SSSR count). The Kier molecular flexibility index (Phi) is 10.2. The topological polar surface area (TPSA) is 74.8 Å². The second-order valence-electron chi connectivity index (χ2n) is 7.78. The van der Waals surface area contributed by atoms with Gasteiger partial charge < -0.3 is 20.7 Å². The van der Waals surface area contributed by atoms with E-state index in [1.165, 1.54) is 18.2 Å². The molecule has 31 heavy (non-hydrogen) atoms. The Balaban J connectivity index is 0.00000341. The van der Waals surface area contributed by atoms with Crippen molar-refractivity contribution in [3.05, 3.63) is 29.6 Å². The van der Waals surface area contributed by atoms with Gasteiger partial charge in [-0.1, -0.05) is 12.5 Å². The van der Waals surface area contributed by atoms with Gasteiger partial charge in [0.05, 0.1) is 12.1 Å². The van der Waals surface area contributed by atoms with E-state index in [0.29, 0.717) is 25.0 Å². The fraction of sp³-hybridized carbons (Fsp3) is 0.619. The van der Waals surface area contributed by atoms with E-state index in [1.807, 2.05) is 6.92 Å². The van der Waals surface area contributed by atoms with Gasteiger partial charge in [0.15, 0.2) is 5.96 Å². The fourth-order valence-electron chi connectivity index (χ4n) is 3.68. The number of nitrogens with zero attached hydrogens (tertiary/aromatic N) is 1. The molecule has 0 aromatic heterocycles. The zero-order valence-electron chi connectivity index (χ0n) is 17.5. The zero-order chi connectivity index (χ0) is 21.5. The molecule has 174 valence electrons. The van der Waals surface area contributed by atoms with Gasteiger partial charge >= 0.3 is 6.61 Å². The molecule has 2 atom stereocenters. The molecule has 3 N–H and O–H groups in total. The van der Waals surface area contributed by atoms with Crippen molar-refractivity contribution in [2.24, 2.45) is 10.9 Å². The number of amides is 1. The Bertz CT molecular complexity index is 762. The first kappa shape index (κ1) is 25.5. The van der Waals surface area contributed by atoms with Crippen LogP contribution in [0, 0.1) is 11.7 Å². The summed E-state index contributed by atoms with van der Waals surface area (Å²) in [5.41, 5.74) is -0.0275. The lowest BCUT2D eigenvalue weighted by molar-refractivity contribution is -0.126. The Morgan fingerprint density at radius 2 is 1.97 bits per heavy atom. The third kappa shape index (κ3) is 8.04. The van der Waals surface area contributed by atoms with E-state index < -0.39 is 12.4 Å². The summed E-state index contributed by atoms with van der Waals surface area (Å²) in [6.45, 7) is -0.704. The molecule has 2 saturated carbocycles. The van der Waals surface area contributed by atoms with Crippen LogP contribution in [0.4, 0.5) is 13.2 Å². The predicted molar refractivity (Wildman–Crippen MR) is 123 cm³/mol. The number of alkyl halides is 2. The molecule has 2 aliphatic rings. The van der Waals surface area contributed by atoms with Crippen molar-refractivity contribution in [2.75, 3.05) is 6.54 Å². The average molecular weight is 554 g/mol. The summed E-state index contributed by atoms with van der Waals surface area (Å²) in [7, 11) is 0. The van der Waals surface area contributed by atoms with Gasteiger partial charge in [0.25, 0.3) is 0 Å². The molecule has 2 aliphatic carbocycles. The van der Waals surface area contributed by atoms with E-state index in [4.69, 9.17) is 0 Å². The number of aliphatic imine (C=N–C) groups is 1.